The summed E-state index contributed by atoms with van der Waals surface area (Å²) in [7, 11) is 1.64. The van der Waals surface area contributed by atoms with Gasteiger partial charge in [0.25, 0.3) is 0 Å². The third-order valence-corrected chi connectivity index (χ3v) is 3.67. The molecule has 3 rings (SSSR count). The van der Waals surface area contributed by atoms with Gasteiger partial charge in [-0.1, -0.05) is 42.0 Å². The molecule has 4 nitrogen and oxygen atoms in total. The molecular formula is C18H18N2O2. The van der Waals surface area contributed by atoms with Gasteiger partial charge in [0.1, 0.15) is 17.3 Å². The summed E-state index contributed by atoms with van der Waals surface area (Å²) in [6.07, 6.45) is 1.67. The summed E-state index contributed by atoms with van der Waals surface area (Å²) in [6, 6.07) is 13.9. The maximum Gasteiger partial charge on any atom is 0.144 e. The monoisotopic (exact) mass is 294 g/mol. The first-order valence-electron chi connectivity index (χ1n) is 7.13. The Labute approximate surface area is 129 Å². The average molecular weight is 294 g/mol. The first-order chi connectivity index (χ1) is 10.7. The predicted octanol–water partition coefficient (Wildman–Crippen LogP) is 3.63. The van der Waals surface area contributed by atoms with Gasteiger partial charge in [-0.25, -0.2) is 4.99 Å². The van der Waals surface area contributed by atoms with E-state index >= 15 is 0 Å². The molecule has 1 aliphatic rings. The van der Waals surface area contributed by atoms with Crippen molar-refractivity contribution in [3.63, 3.8) is 0 Å². The average Bonchev–Trinajstić information content (AvgIpc) is 2.74. The Hall–Kier alpha value is -2.75. The van der Waals surface area contributed by atoms with Crippen LogP contribution in [0.4, 0.5) is 5.69 Å². The van der Waals surface area contributed by atoms with Crippen LogP contribution in [0, 0.1) is 6.92 Å². The third kappa shape index (κ3) is 2.68. The van der Waals surface area contributed by atoms with Crippen molar-refractivity contribution in [3.8, 4) is 5.75 Å². The number of aliphatic hydroxyl groups excluding tert-OH is 1. The van der Waals surface area contributed by atoms with E-state index < -0.39 is 0 Å². The van der Waals surface area contributed by atoms with Crippen LogP contribution < -0.4 is 10.1 Å². The molecule has 0 unspecified atom stereocenters. The number of hydrogen-bond acceptors (Lipinski definition) is 4. The number of rotatable bonds is 2. The molecule has 2 aromatic carbocycles. The van der Waals surface area contributed by atoms with Gasteiger partial charge in [0, 0.05) is 12.0 Å². The van der Waals surface area contributed by atoms with Crippen molar-refractivity contribution in [1.29, 1.82) is 0 Å². The van der Waals surface area contributed by atoms with Gasteiger partial charge < -0.3 is 15.2 Å². The molecule has 0 saturated heterocycles. The lowest BCUT2D eigenvalue weighted by atomic mass is 10.1. The maximum atomic E-state index is 9.47. The van der Waals surface area contributed by atoms with Crippen molar-refractivity contribution < 1.29 is 9.84 Å². The van der Waals surface area contributed by atoms with Crippen molar-refractivity contribution >= 4 is 11.5 Å². The molecule has 0 bridgehead atoms. The zero-order chi connectivity index (χ0) is 15.5. The molecular weight excluding hydrogens is 276 g/mol. The first kappa shape index (κ1) is 14.2. The lowest BCUT2D eigenvalue weighted by Crippen LogP contribution is -2.23. The zero-order valence-corrected chi connectivity index (χ0v) is 12.6. The normalized spacial score (nSPS) is 15.5. The van der Waals surface area contributed by atoms with E-state index in [4.69, 9.17) is 9.73 Å². The third-order valence-electron chi connectivity index (χ3n) is 3.67. The van der Waals surface area contributed by atoms with Crippen LogP contribution in [0.25, 0.3) is 0 Å². The number of ether oxygens (including phenoxy) is 1. The molecule has 0 aromatic heterocycles. The van der Waals surface area contributed by atoms with Crippen LogP contribution in [0.15, 0.2) is 59.4 Å². The smallest absolute Gasteiger partial charge is 0.144 e. The number of para-hydroxylation sites is 1. The summed E-state index contributed by atoms with van der Waals surface area (Å²) < 4.78 is 5.42. The van der Waals surface area contributed by atoms with Crippen LogP contribution >= 0.6 is 0 Å². The molecule has 2 aromatic rings. The summed E-state index contributed by atoms with van der Waals surface area (Å²) in [5.41, 5.74) is 4.66. The van der Waals surface area contributed by atoms with Gasteiger partial charge in [-0.15, -0.1) is 0 Å². The molecule has 0 aliphatic carbocycles. The highest BCUT2D eigenvalue weighted by Gasteiger charge is 2.17. The molecule has 4 heteroatoms. The van der Waals surface area contributed by atoms with Crippen LogP contribution in [0.2, 0.25) is 0 Å². The number of amidine groups is 1. The Balaban J connectivity index is 2.15. The molecule has 2 N–H and O–H groups in total. The highest BCUT2D eigenvalue weighted by atomic mass is 16.5. The van der Waals surface area contributed by atoms with Crippen molar-refractivity contribution in [1.82, 2.24) is 5.32 Å². The van der Waals surface area contributed by atoms with E-state index in [9.17, 15) is 5.11 Å². The largest absolute Gasteiger partial charge is 0.514 e. The Morgan fingerprint density at radius 2 is 1.95 bits per heavy atom. The van der Waals surface area contributed by atoms with Crippen molar-refractivity contribution in [3.05, 3.63) is 71.1 Å². The summed E-state index contributed by atoms with van der Waals surface area (Å²) in [6.45, 7) is 2.05. The molecule has 0 atom stereocenters. The Bertz CT molecular complexity index is 746. The number of nitrogens with zero attached hydrogens (tertiary/aromatic N) is 1. The number of aryl methyl sites for hydroxylation is 1. The number of nitrogens with one attached hydrogen (secondary N) is 1. The van der Waals surface area contributed by atoms with E-state index in [2.05, 4.69) is 5.32 Å². The lowest BCUT2D eigenvalue weighted by molar-refractivity contribution is 0.416. The summed E-state index contributed by atoms with van der Waals surface area (Å²) >= 11 is 0. The fourth-order valence-corrected chi connectivity index (χ4v) is 2.47. The summed E-state index contributed by atoms with van der Waals surface area (Å²) in [5, 5.41) is 12.7. The molecule has 0 amide bonds. The Kier molecular flexibility index (Phi) is 3.83. The minimum Gasteiger partial charge on any atom is -0.514 e. The van der Waals surface area contributed by atoms with Gasteiger partial charge in [0.2, 0.25) is 0 Å². The van der Waals surface area contributed by atoms with Gasteiger partial charge in [-0.05, 0) is 18.6 Å². The molecule has 1 aliphatic heterocycles. The van der Waals surface area contributed by atoms with E-state index in [1.807, 2.05) is 49.4 Å². The highest BCUT2D eigenvalue weighted by molar-refractivity contribution is 6.02. The van der Waals surface area contributed by atoms with Gasteiger partial charge in [-0.2, -0.15) is 0 Å². The van der Waals surface area contributed by atoms with Crippen molar-refractivity contribution in [2.45, 2.75) is 13.3 Å². The topological polar surface area (TPSA) is 53.8 Å². The fraction of sp³-hybridized carbons (Fsp3) is 0.167. The number of benzene rings is 2. The SMILES string of the molecule is COc1cccc2c1N=C(c1ccc(C)cc1)N/C(=C/O)C2. The van der Waals surface area contributed by atoms with Gasteiger partial charge in [0.15, 0.2) is 0 Å². The van der Waals surface area contributed by atoms with Crippen LogP contribution in [-0.2, 0) is 6.42 Å². The first-order valence-corrected chi connectivity index (χ1v) is 7.13. The molecule has 0 fully saturated rings. The zero-order valence-electron chi connectivity index (χ0n) is 12.6. The molecule has 1 heterocycles. The number of hydrogen-bond donors (Lipinski definition) is 2. The minimum absolute atomic E-state index is 0.571. The second-order valence-corrected chi connectivity index (χ2v) is 5.25. The van der Waals surface area contributed by atoms with Crippen molar-refractivity contribution in [2.75, 3.05) is 7.11 Å². The van der Waals surface area contributed by atoms with E-state index in [1.165, 1.54) is 5.56 Å². The molecule has 0 radical (unpaired) electrons. The van der Waals surface area contributed by atoms with E-state index in [-0.39, 0.29) is 0 Å². The Morgan fingerprint density at radius 1 is 1.18 bits per heavy atom. The van der Waals surface area contributed by atoms with Crippen molar-refractivity contribution in [2.24, 2.45) is 4.99 Å². The predicted molar refractivity (Wildman–Crippen MR) is 87.9 cm³/mol. The van der Waals surface area contributed by atoms with Gasteiger partial charge >= 0.3 is 0 Å². The fourth-order valence-electron chi connectivity index (χ4n) is 2.47. The van der Waals surface area contributed by atoms with Crippen LogP contribution in [0.3, 0.4) is 0 Å². The minimum atomic E-state index is 0.571. The number of aliphatic imine (C=N–C) groups is 1. The molecule has 22 heavy (non-hydrogen) atoms. The van der Waals surface area contributed by atoms with Gasteiger partial charge in [0.05, 0.1) is 19.1 Å². The van der Waals surface area contributed by atoms with E-state index in [0.717, 1.165) is 28.8 Å². The number of allylic oxidation sites excluding steroid dienone is 1. The number of methoxy groups -OCH3 is 1. The quantitative estimate of drug-likeness (QED) is 0.832. The molecule has 112 valence electrons. The Morgan fingerprint density at radius 3 is 2.64 bits per heavy atom. The standard InChI is InChI=1S/C18H18N2O2/c1-12-6-8-13(9-7-12)18-19-15(11-21)10-14-4-3-5-16(22-2)17(14)20-18/h3-9,11,21H,10H2,1-2H3,(H,19,20)/b15-11+. The summed E-state index contributed by atoms with van der Waals surface area (Å²) in [4.78, 5) is 4.74. The summed E-state index contributed by atoms with van der Waals surface area (Å²) in [5.74, 6) is 1.42. The van der Waals surface area contributed by atoms with Crippen LogP contribution in [-0.4, -0.2) is 18.1 Å². The maximum absolute atomic E-state index is 9.47. The highest BCUT2D eigenvalue weighted by Crippen LogP contribution is 2.34. The number of aliphatic hydroxyl groups is 1. The van der Waals surface area contributed by atoms with E-state index in [0.29, 0.717) is 18.0 Å². The van der Waals surface area contributed by atoms with Gasteiger partial charge in [-0.3, -0.25) is 0 Å². The van der Waals surface area contributed by atoms with E-state index in [1.54, 1.807) is 7.11 Å². The second-order valence-electron chi connectivity index (χ2n) is 5.25. The lowest BCUT2D eigenvalue weighted by Gasteiger charge is -2.09. The second kappa shape index (κ2) is 5.93. The van der Waals surface area contributed by atoms with Crippen LogP contribution in [0.1, 0.15) is 16.7 Å². The molecule has 0 saturated carbocycles. The number of fused-ring (bicyclic) bond motifs is 1. The molecule has 0 spiro atoms. The van der Waals surface area contributed by atoms with Crippen LogP contribution in [0.5, 0.6) is 5.75 Å².